The topological polar surface area (TPSA) is 81.2 Å². The first-order valence-corrected chi connectivity index (χ1v) is 16.3. The first kappa shape index (κ1) is 28.8. The van der Waals surface area contributed by atoms with Gasteiger partial charge >= 0.3 is 0 Å². The Morgan fingerprint density at radius 3 is 1.52 bits per heavy atom. The Morgan fingerprint density at radius 1 is 0.360 bits per heavy atom. The number of nitrogens with zero attached hydrogens (tertiary/aromatic N) is 5. The van der Waals surface area contributed by atoms with E-state index in [0.29, 0.717) is 16.7 Å². The van der Waals surface area contributed by atoms with Crippen LogP contribution in [-0.2, 0) is 0 Å². The maximum absolute atomic E-state index is 10.4. The standard InChI is InChI=1S/C45H25N5/c46-26-29-16-22-43-38(24-29)37-11-3-6-14-42(37)50(43)44-15-7-8-33(27-47)45(44)31-19-17-30(18-20-31)32-21-23-39(34(25-32)28-48)49-40-12-4-1-9-35(40)36-10-2-5-13-41(36)49/h1-25H. The van der Waals surface area contributed by atoms with Gasteiger partial charge in [0.15, 0.2) is 0 Å². The molecule has 0 aliphatic heterocycles. The third-order valence-electron chi connectivity index (χ3n) is 9.65. The maximum atomic E-state index is 10.4. The van der Waals surface area contributed by atoms with Gasteiger partial charge in [0.05, 0.1) is 62.3 Å². The van der Waals surface area contributed by atoms with Gasteiger partial charge in [-0.2, -0.15) is 15.8 Å². The Kier molecular flexibility index (Phi) is 6.56. The molecule has 0 amide bonds. The molecular weight excluding hydrogens is 611 g/mol. The van der Waals surface area contributed by atoms with Crippen LogP contribution in [0.15, 0.2) is 152 Å². The SMILES string of the molecule is N#Cc1ccc2c(c1)c1ccccc1n2-c1cccc(C#N)c1-c1ccc(-c2ccc(-n3c4ccccc4c4ccccc43)c(C#N)c2)cc1. The zero-order valence-electron chi connectivity index (χ0n) is 26.7. The van der Waals surface area contributed by atoms with Crippen LogP contribution in [0.25, 0.3) is 77.2 Å². The van der Waals surface area contributed by atoms with Gasteiger partial charge in [-0.1, -0.05) is 91.0 Å². The predicted octanol–water partition coefficient (Wildman–Crippen LogP) is 10.8. The van der Waals surface area contributed by atoms with E-state index in [9.17, 15) is 15.8 Å². The monoisotopic (exact) mass is 635 g/mol. The van der Waals surface area contributed by atoms with Gasteiger partial charge in [-0.05, 0) is 77.4 Å². The first-order chi connectivity index (χ1) is 24.7. The van der Waals surface area contributed by atoms with Gasteiger partial charge < -0.3 is 9.13 Å². The molecule has 50 heavy (non-hydrogen) atoms. The van der Waals surface area contributed by atoms with Crippen LogP contribution in [0.1, 0.15) is 16.7 Å². The molecule has 0 fully saturated rings. The minimum absolute atomic E-state index is 0.567. The Hall–Kier alpha value is -7.39. The summed E-state index contributed by atoms with van der Waals surface area (Å²) in [5.41, 5.74) is 11.2. The van der Waals surface area contributed by atoms with Crippen molar-refractivity contribution in [2.45, 2.75) is 0 Å². The summed E-state index contributed by atoms with van der Waals surface area (Å²) in [6.45, 7) is 0. The number of para-hydroxylation sites is 3. The van der Waals surface area contributed by atoms with Gasteiger partial charge in [0.1, 0.15) is 6.07 Å². The molecule has 0 N–H and O–H groups in total. The fourth-order valence-electron chi connectivity index (χ4n) is 7.44. The average molecular weight is 636 g/mol. The second-order valence-electron chi connectivity index (χ2n) is 12.3. The number of benzene rings is 7. The predicted molar refractivity (Wildman–Crippen MR) is 200 cm³/mol. The Labute approximate surface area is 287 Å². The second kappa shape index (κ2) is 11.4. The lowest BCUT2D eigenvalue weighted by molar-refractivity contribution is 1.17. The fraction of sp³-hybridized carbons (Fsp3) is 0. The van der Waals surface area contributed by atoms with Crippen molar-refractivity contribution in [3.8, 4) is 51.8 Å². The van der Waals surface area contributed by atoms with Crippen LogP contribution in [0, 0.1) is 34.0 Å². The Bertz CT molecular complexity index is 2900. The van der Waals surface area contributed by atoms with E-state index in [-0.39, 0.29) is 0 Å². The highest BCUT2D eigenvalue weighted by Gasteiger charge is 2.19. The highest BCUT2D eigenvalue weighted by Crippen LogP contribution is 2.39. The molecule has 7 aromatic carbocycles. The number of hydrogen-bond acceptors (Lipinski definition) is 3. The molecule has 0 saturated heterocycles. The van der Waals surface area contributed by atoms with E-state index in [0.717, 1.165) is 77.2 Å². The van der Waals surface area contributed by atoms with Gasteiger partial charge in [-0.15, -0.1) is 0 Å². The van der Waals surface area contributed by atoms with Crippen molar-refractivity contribution < 1.29 is 0 Å². The quantitative estimate of drug-likeness (QED) is 0.193. The van der Waals surface area contributed by atoms with Crippen LogP contribution in [-0.4, -0.2) is 9.13 Å². The van der Waals surface area contributed by atoms with Crippen LogP contribution in [0.5, 0.6) is 0 Å². The van der Waals surface area contributed by atoms with Gasteiger partial charge in [0.25, 0.3) is 0 Å². The Balaban J connectivity index is 1.17. The van der Waals surface area contributed by atoms with Gasteiger partial charge in [-0.3, -0.25) is 0 Å². The summed E-state index contributed by atoms with van der Waals surface area (Å²) in [6.07, 6.45) is 0. The van der Waals surface area contributed by atoms with Crippen molar-refractivity contribution in [2.75, 3.05) is 0 Å². The number of hydrogen-bond donors (Lipinski definition) is 0. The van der Waals surface area contributed by atoms with E-state index in [1.54, 1.807) is 0 Å². The van der Waals surface area contributed by atoms with Crippen molar-refractivity contribution in [1.82, 2.24) is 9.13 Å². The largest absolute Gasteiger partial charge is 0.309 e. The molecule has 5 heteroatoms. The van der Waals surface area contributed by atoms with Gasteiger partial charge in [-0.25, -0.2) is 0 Å². The molecule has 5 nitrogen and oxygen atoms in total. The lowest BCUT2D eigenvalue weighted by Crippen LogP contribution is -1.99. The molecule has 9 rings (SSSR count). The van der Waals surface area contributed by atoms with Crippen molar-refractivity contribution in [2.24, 2.45) is 0 Å². The summed E-state index contributed by atoms with van der Waals surface area (Å²) in [5, 5.41) is 34.6. The third-order valence-corrected chi connectivity index (χ3v) is 9.65. The summed E-state index contributed by atoms with van der Waals surface area (Å²) in [7, 11) is 0. The zero-order chi connectivity index (χ0) is 33.8. The fourth-order valence-corrected chi connectivity index (χ4v) is 7.44. The number of rotatable bonds is 4. The summed E-state index contributed by atoms with van der Waals surface area (Å²) >= 11 is 0. The number of fused-ring (bicyclic) bond motifs is 6. The van der Waals surface area contributed by atoms with E-state index < -0.39 is 0 Å². The summed E-state index contributed by atoms with van der Waals surface area (Å²) < 4.78 is 4.36. The molecule has 0 bridgehead atoms. The van der Waals surface area contributed by atoms with Crippen LogP contribution >= 0.6 is 0 Å². The number of nitriles is 3. The summed E-state index contributed by atoms with van der Waals surface area (Å²) in [6, 6.07) is 57.7. The third kappa shape index (κ3) is 4.31. The van der Waals surface area contributed by atoms with E-state index in [1.165, 1.54) is 0 Å². The van der Waals surface area contributed by atoms with E-state index in [4.69, 9.17) is 0 Å². The minimum atomic E-state index is 0.567. The highest BCUT2D eigenvalue weighted by atomic mass is 15.0. The van der Waals surface area contributed by atoms with Crippen LogP contribution in [0.3, 0.4) is 0 Å². The average Bonchev–Trinajstić information content (AvgIpc) is 3.70. The molecule has 0 spiro atoms. The first-order valence-electron chi connectivity index (χ1n) is 16.3. The zero-order valence-corrected chi connectivity index (χ0v) is 26.7. The van der Waals surface area contributed by atoms with Crippen LogP contribution in [0.2, 0.25) is 0 Å². The molecule has 0 radical (unpaired) electrons. The summed E-state index contributed by atoms with van der Waals surface area (Å²) in [5.74, 6) is 0. The minimum Gasteiger partial charge on any atom is -0.309 e. The van der Waals surface area contributed by atoms with Crippen LogP contribution < -0.4 is 0 Å². The normalized spacial score (nSPS) is 11.1. The highest BCUT2D eigenvalue weighted by molar-refractivity contribution is 6.11. The molecule has 0 aliphatic rings. The molecule has 9 aromatic rings. The maximum Gasteiger partial charge on any atom is 0.101 e. The van der Waals surface area contributed by atoms with Crippen molar-refractivity contribution >= 4 is 43.6 Å². The molecule has 2 aromatic heterocycles. The van der Waals surface area contributed by atoms with Gasteiger partial charge in [0, 0.05) is 27.1 Å². The molecular formula is C45H25N5. The van der Waals surface area contributed by atoms with E-state index >= 15 is 0 Å². The second-order valence-corrected chi connectivity index (χ2v) is 12.3. The smallest absolute Gasteiger partial charge is 0.101 e. The van der Waals surface area contributed by atoms with Crippen molar-refractivity contribution in [1.29, 1.82) is 15.8 Å². The molecule has 230 valence electrons. The summed E-state index contributed by atoms with van der Waals surface area (Å²) in [4.78, 5) is 0. The Morgan fingerprint density at radius 2 is 0.900 bits per heavy atom. The lowest BCUT2D eigenvalue weighted by Gasteiger charge is -2.16. The molecule has 0 atom stereocenters. The van der Waals surface area contributed by atoms with Crippen molar-refractivity contribution in [3.63, 3.8) is 0 Å². The molecule has 2 heterocycles. The van der Waals surface area contributed by atoms with Crippen LogP contribution in [0.4, 0.5) is 0 Å². The van der Waals surface area contributed by atoms with E-state index in [2.05, 4.69) is 81.9 Å². The number of aromatic nitrogens is 2. The molecule has 0 saturated carbocycles. The molecule has 0 unspecified atom stereocenters. The lowest BCUT2D eigenvalue weighted by atomic mass is 9.95. The molecule has 0 aliphatic carbocycles. The van der Waals surface area contributed by atoms with Crippen molar-refractivity contribution in [3.05, 3.63) is 168 Å². The van der Waals surface area contributed by atoms with E-state index in [1.807, 2.05) is 97.1 Å². The van der Waals surface area contributed by atoms with Gasteiger partial charge in [0.2, 0.25) is 0 Å².